The number of amides is 1. The molecule has 0 fully saturated rings. The summed E-state index contributed by atoms with van der Waals surface area (Å²) in [6.07, 6.45) is 0.834. The minimum atomic E-state index is -0.932. The highest BCUT2D eigenvalue weighted by molar-refractivity contribution is 5.97. The molecule has 0 atom stereocenters. The third-order valence-corrected chi connectivity index (χ3v) is 4.45. The van der Waals surface area contributed by atoms with Gasteiger partial charge in [-0.05, 0) is 60.7 Å². The van der Waals surface area contributed by atoms with Gasteiger partial charge in [-0.15, -0.1) is 0 Å². The van der Waals surface area contributed by atoms with E-state index in [1.54, 1.807) is 12.1 Å². The Balaban J connectivity index is 2.05. The van der Waals surface area contributed by atoms with Crippen LogP contribution >= 0.6 is 0 Å². The molecule has 0 saturated heterocycles. The van der Waals surface area contributed by atoms with Crippen LogP contribution in [0.4, 0.5) is 0 Å². The zero-order valence-electron chi connectivity index (χ0n) is 13.3. The Kier molecular flexibility index (Phi) is 3.90. The smallest absolute Gasteiger partial charge is 0.335 e. The number of carbonyl (C=O) groups is 2. The average Bonchev–Trinajstić information content (AvgIpc) is 2.55. The maximum absolute atomic E-state index is 12.4. The lowest BCUT2D eigenvalue weighted by Crippen LogP contribution is -2.37. The SMILES string of the molecule is CCN1CCc2cc(-c3cc(C(=O)O)ccc3C)ccc2C1=O. The number of hydrogen-bond donors (Lipinski definition) is 1. The quantitative estimate of drug-likeness (QED) is 0.945. The predicted molar refractivity (Wildman–Crippen MR) is 88.9 cm³/mol. The van der Waals surface area contributed by atoms with Crippen LogP contribution in [0.3, 0.4) is 0 Å². The summed E-state index contributed by atoms with van der Waals surface area (Å²) >= 11 is 0. The molecule has 118 valence electrons. The van der Waals surface area contributed by atoms with Crippen LogP contribution in [0, 0.1) is 6.92 Å². The van der Waals surface area contributed by atoms with E-state index in [0.29, 0.717) is 0 Å². The van der Waals surface area contributed by atoms with Gasteiger partial charge in [-0.3, -0.25) is 4.79 Å². The van der Waals surface area contributed by atoms with Crippen molar-refractivity contribution < 1.29 is 14.7 Å². The molecular weight excluding hydrogens is 290 g/mol. The number of carboxylic acids is 1. The maximum atomic E-state index is 12.4. The molecule has 0 aromatic heterocycles. The lowest BCUT2D eigenvalue weighted by Gasteiger charge is -2.27. The van der Waals surface area contributed by atoms with Gasteiger partial charge in [0, 0.05) is 18.7 Å². The first kappa shape index (κ1) is 15.3. The van der Waals surface area contributed by atoms with Crippen LogP contribution in [-0.2, 0) is 6.42 Å². The Hall–Kier alpha value is -2.62. The largest absolute Gasteiger partial charge is 0.478 e. The Morgan fingerprint density at radius 3 is 2.65 bits per heavy atom. The summed E-state index contributed by atoms with van der Waals surface area (Å²) in [6, 6.07) is 10.9. The van der Waals surface area contributed by atoms with Crippen LogP contribution in [0.15, 0.2) is 36.4 Å². The summed E-state index contributed by atoms with van der Waals surface area (Å²) in [6.45, 7) is 5.40. The molecule has 0 spiro atoms. The third-order valence-electron chi connectivity index (χ3n) is 4.45. The van der Waals surface area contributed by atoms with Gasteiger partial charge in [0.25, 0.3) is 5.91 Å². The van der Waals surface area contributed by atoms with Crippen molar-refractivity contribution in [3.63, 3.8) is 0 Å². The van der Waals surface area contributed by atoms with Crippen molar-refractivity contribution in [2.24, 2.45) is 0 Å². The zero-order valence-corrected chi connectivity index (χ0v) is 13.3. The summed E-state index contributed by atoms with van der Waals surface area (Å²) in [5.41, 5.74) is 4.95. The van der Waals surface area contributed by atoms with Gasteiger partial charge >= 0.3 is 5.97 Å². The van der Waals surface area contributed by atoms with Gasteiger partial charge in [-0.2, -0.15) is 0 Å². The molecule has 1 amide bonds. The minimum absolute atomic E-state index is 0.0799. The van der Waals surface area contributed by atoms with Crippen LogP contribution in [0.1, 0.15) is 38.8 Å². The summed E-state index contributed by atoms with van der Waals surface area (Å²) in [7, 11) is 0. The number of rotatable bonds is 3. The Labute approximate surface area is 135 Å². The number of hydrogen-bond acceptors (Lipinski definition) is 2. The molecule has 3 rings (SSSR count). The van der Waals surface area contributed by atoms with Crippen LogP contribution < -0.4 is 0 Å². The van der Waals surface area contributed by atoms with E-state index in [4.69, 9.17) is 0 Å². The molecule has 23 heavy (non-hydrogen) atoms. The molecule has 2 aromatic rings. The van der Waals surface area contributed by atoms with E-state index in [1.807, 2.05) is 43.0 Å². The fourth-order valence-electron chi connectivity index (χ4n) is 3.07. The van der Waals surface area contributed by atoms with Crippen molar-refractivity contribution in [2.75, 3.05) is 13.1 Å². The fraction of sp³-hybridized carbons (Fsp3) is 0.263. The highest BCUT2D eigenvalue weighted by Gasteiger charge is 2.23. The lowest BCUT2D eigenvalue weighted by molar-refractivity contribution is 0.0695. The molecule has 1 N–H and O–H groups in total. The second-order valence-electron chi connectivity index (χ2n) is 5.84. The topological polar surface area (TPSA) is 57.6 Å². The number of aryl methyl sites for hydroxylation is 1. The number of likely N-dealkylation sites (N-methyl/N-ethyl adjacent to an activating group) is 1. The number of fused-ring (bicyclic) bond motifs is 1. The normalized spacial score (nSPS) is 13.8. The van der Waals surface area contributed by atoms with E-state index in [0.717, 1.165) is 47.3 Å². The van der Waals surface area contributed by atoms with Crippen molar-refractivity contribution in [2.45, 2.75) is 20.3 Å². The fourth-order valence-corrected chi connectivity index (χ4v) is 3.07. The van der Waals surface area contributed by atoms with Gasteiger partial charge in [0.2, 0.25) is 0 Å². The highest BCUT2D eigenvalue weighted by Crippen LogP contribution is 2.29. The van der Waals surface area contributed by atoms with Crippen molar-refractivity contribution in [1.29, 1.82) is 0 Å². The van der Waals surface area contributed by atoms with E-state index in [1.165, 1.54) is 0 Å². The number of benzene rings is 2. The monoisotopic (exact) mass is 309 g/mol. The molecule has 1 heterocycles. The Morgan fingerprint density at radius 2 is 1.96 bits per heavy atom. The van der Waals surface area contributed by atoms with Gasteiger partial charge < -0.3 is 10.0 Å². The predicted octanol–water partition coefficient (Wildman–Crippen LogP) is 3.38. The van der Waals surface area contributed by atoms with Crippen LogP contribution in [0.2, 0.25) is 0 Å². The van der Waals surface area contributed by atoms with Crippen molar-refractivity contribution in [1.82, 2.24) is 4.90 Å². The molecule has 4 heteroatoms. The van der Waals surface area contributed by atoms with Crippen LogP contribution in [0.5, 0.6) is 0 Å². The van der Waals surface area contributed by atoms with E-state index in [2.05, 4.69) is 0 Å². The summed E-state index contributed by atoms with van der Waals surface area (Å²) in [5, 5.41) is 9.18. The zero-order chi connectivity index (χ0) is 16.6. The number of carbonyl (C=O) groups excluding carboxylic acids is 1. The van der Waals surface area contributed by atoms with E-state index in [9.17, 15) is 14.7 Å². The maximum Gasteiger partial charge on any atom is 0.335 e. The van der Waals surface area contributed by atoms with E-state index in [-0.39, 0.29) is 11.5 Å². The molecular formula is C19H19NO3. The van der Waals surface area contributed by atoms with Gasteiger partial charge in [-0.25, -0.2) is 4.79 Å². The standard InChI is InChI=1S/C19H19NO3/c1-3-20-9-8-14-10-13(6-7-16(14)18(20)21)17-11-15(19(22)23)5-4-12(17)2/h4-7,10-11H,3,8-9H2,1-2H3,(H,22,23). The summed E-state index contributed by atoms with van der Waals surface area (Å²) < 4.78 is 0. The Morgan fingerprint density at radius 1 is 1.17 bits per heavy atom. The molecule has 0 saturated carbocycles. The summed E-state index contributed by atoms with van der Waals surface area (Å²) in [4.78, 5) is 25.4. The number of aromatic carboxylic acids is 1. The molecule has 0 radical (unpaired) electrons. The van der Waals surface area contributed by atoms with Crippen molar-refractivity contribution in [3.05, 3.63) is 58.7 Å². The van der Waals surface area contributed by atoms with Gasteiger partial charge in [-0.1, -0.05) is 18.2 Å². The number of nitrogens with zero attached hydrogens (tertiary/aromatic N) is 1. The Bertz CT molecular complexity index is 795. The number of carboxylic acid groups (broad SMARTS) is 1. The van der Waals surface area contributed by atoms with Gasteiger partial charge in [0.05, 0.1) is 5.56 Å². The first-order valence-corrected chi connectivity index (χ1v) is 7.77. The average molecular weight is 309 g/mol. The summed E-state index contributed by atoms with van der Waals surface area (Å²) in [5.74, 6) is -0.853. The van der Waals surface area contributed by atoms with Gasteiger partial charge in [0.1, 0.15) is 0 Å². The third kappa shape index (κ3) is 2.72. The van der Waals surface area contributed by atoms with Crippen LogP contribution in [0.25, 0.3) is 11.1 Å². The molecule has 0 aliphatic carbocycles. The van der Waals surface area contributed by atoms with Crippen LogP contribution in [-0.4, -0.2) is 35.0 Å². The molecule has 0 bridgehead atoms. The molecule has 4 nitrogen and oxygen atoms in total. The molecule has 1 aliphatic heterocycles. The molecule has 2 aromatic carbocycles. The second kappa shape index (κ2) is 5.88. The first-order chi connectivity index (χ1) is 11.0. The lowest BCUT2D eigenvalue weighted by atomic mass is 9.92. The molecule has 1 aliphatic rings. The molecule has 0 unspecified atom stereocenters. The van der Waals surface area contributed by atoms with E-state index >= 15 is 0 Å². The highest BCUT2D eigenvalue weighted by atomic mass is 16.4. The van der Waals surface area contributed by atoms with Crippen molar-refractivity contribution in [3.8, 4) is 11.1 Å². The van der Waals surface area contributed by atoms with Crippen molar-refractivity contribution >= 4 is 11.9 Å². The van der Waals surface area contributed by atoms with Gasteiger partial charge in [0.15, 0.2) is 0 Å². The first-order valence-electron chi connectivity index (χ1n) is 7.77. The minimum Gasteiger partial charge on any atom is -0.478 e. The second-order valence-corrected chi connectivity index (χ2v) is 5.84. The van der Waals surface area contributed by atoms with E-state index < -0.39 is 5.97 Å².